The number of aromatic nitrogens is 3. The number of thioether (sulfide) groups is 1. The maximum atomic E-state index is 4.20. The Morgan fingerprint density at radius 3 is 2.72 bits per heavy atom. The van der Waals surface area contributed by atoms with Crippen molar-refractivity contribution in [3.8, 4) is 0 Å². The Hall–Kier alpha value is -0.550. The molecule has 1 aromatic rings. The van der Waals surface area contributed by atoms with Crippen molar-refractivity contribution in [1.82, 2.24) is 20.3 Å². The molecule has 1 rings (SSSR count). The van der Waals surface area contributed by atoms with Crippen LogP contribution in [-0.4, -0.2) is 32.5 Å². The minimum atomic E-state index is 0.00856. The van der Waals surface area contributed by atoms with Gasteiger partial charge in [-0.15, -0.1) is 5.10 Å². The minimum Gasteiger partial charge on any atom is -0.309 e. The summed E-state index contributed by atoms with van der Waals surface area (Å²) in [7, 11) is 0. The van der Waals surface area contributed by atoms with Crippen molar-refractivity contribution in [2.45, 2.75) is 59.2 Å². The van der Waals surface area contributed by atoms with Crippen LogP contribution in [0, 0.1) is 0 Å². The highest BCUT2D eigenvalue weighted by Crippen LogP contribution is 2.11. The van der Waals surface area contributed by atoms with Crippen LogP contribution in [0.3, 0.4) is 0 Å². The fourth-order valence-corrected chi connectivity index (χ4v) is 2.30. The van der Waals surface area contributed by atoms with E-state index in [0.717, 1.165) is 12.2 Å². The van der Waals surface area contributed by atoms with E-state index in [4.69, 9.17) is 0 Å². The summed E-state index contributed by atoms with van der Waals surface area (Å²) >= 11 is 1.99. The van der Waals surface area contributed by atoms with Gasteiger partial charge in [-0.3, -0.25) is 0 Å². The lowest BCUT2D eigenvalue weighted by Crippen LogP contribution is -2.26. The van der Waals surface area contributed by atoms with Gasteiger partial charge in [0, 0.05) is 12.6 Å². The molecule has 4 nitrogen and oxygen atoms in total. The molecule has 1 N–H and O–H groups in total. The number of nitrogens with zero attached hydrogens (tertiary/aromatic N) is 3. The summed E-state index contributed by atoms with van der Waals surface area (Å²) < 4.78 is 1.92. The van der Waals surface area contributed by atoms with Crippen LogP contribution in [-0.2, 0) is 12.1 Å². The van der Waals surface area contributed by atoms with E-state index in [2.05, 4.69) is 50.2 Å². The summed E-state index contributed by atoms with van der Waals surface area (Å²) in [6.45, 7) is 11.6. The summed E-state index contributed by atoms with van der Waals surface area (Å²) in [4.78, 5) is 0. The normalized spacial score (nSPS) is 13.8. The van der Waals surface area contributed by atoms with E-state index in [0.29, 0.717) is 6.04 Å². The van der Waals surface area contributed by atoms with Gasteiger partial charge in [0.15, 0.2) is 0 Å². The Balaban J connectivity index is 2.33. The van der Waals surface area contributed by atoms with E-state index in [1.165, 1.54) is 17.9 Å². The molecule has 0 radical (unpaired) electrons. The van der Waals surface area contributed by atoms with E-state index >= 15 is 0 Å². The third-order valence-electron chi connectivity index (χ3n) is 2.76. The molecule has 0 amide bonds. The van der Waals surface area contributed by atoms with Crippen LogP contribution >= 0.6 is 11.8 Å². The third kappa shape index (κ3) is 5.40. The largest absolute Gasteiger partial charge is 0.309 e. The molecule has 1 heterocycles. The first-order chi connectivity index (χ1) is 8.43. The molecule has 0 saturated heterocycles. The monoisotopic (exact) mass is 270 g/mol. The van der Waals surface area contributed by atoms with Crippen LogP contribution in [0.4, 0.5) is 0 Å². The molecule has 1 aromatic heterocycles. The van der Waals surface area contributed by atoms with E-state index < -0.39 is 0 Å². The molecule has 0 saturated carbocycles. The first-order valence-electron chi connectivity index (χ1n) is 6.66. The number of nitrogens with one attached hydrogen (secondary N) is 1. The summed E-state index contributed by atoms with van der Waals surface area (Å²) in [5.41, 5.74) is 1.02. The maximum absolute atomic E-state index is 4.20. The highest BCUT2D eigenvalue weighted by atomic mass is 32.2. The standard InChI is InChI=1S/C13H26N4S/c1-6-18-8-7-11(2)14-9-12-10-17(16-15-12)13(3,4)5/h10-11,14H,6-9H2,1-5H3. The molecule has 0 fully saturated rings. The number of rotatable bonds is 7. The lowest BCUT2D eigenvalue weighted by molar-refractivity contribution is 0.347. The smallest absolute Gasteiger partial charge is 0.0965 e. The zero-order valence-corrected chi connectivity index (χ0v) is 13.0. The Kier molecular flexibility index (Phi) is 6.15. The zero-order chi connectivity index (χ0) is 13.6. The Morgan fingerprint density at radius 2 is 2.17 bits per heavy atom. The number of hydrogen-bond acceptors (Lipinski definition) is 4. The fourth-order valence-electron chi connectivity index (χ4n) is 1.49. The van der Waals surface area contributed by atoms with Crippen LogP contribution in [0.5, 0.6) is 0 Å². The molecule has 5 heteroatoms. The number of hydrogen-bond donors (Lipinski definition) is 1. The second-order valence-corrected chi connectivity index (χ2v) is 6.99. The first-order valence-corrected chi connectivity index (χ1v) is 7.81. The van der Waals surface area contributed by atoms with Gasteiger partial charge in [0.2, 0.25) is 0 Å². The quantitative estimate of drug-likeness (QED) is 0.774. The lowest BCUT2D eigenvalue weighted by atomic mass is 10.1. The molecule has 104 valence electrons. The van der Waals surface area contributed by atoms with E-state index in [1.54, 1.807) is 0 Å². The van der Waals surface area contributed by atoms with Crippen molar-refractivity contribution in [2.75, 3.05) is 11.5 Å². The third-order valence-corrected chi connectivity index (χ3v) is 3.69. The molecule has 0 bridgehead atoms. The van der Waals surface area contributed by atoms with Gasteiger partial charge < -0.3 is 5.32 Å². The first kappa shape index (κ1) is 15.5. The Labute approximate surface area is 115 Å². The van der Waals surface area contributed by atoms with Crippen molar-refractivity contribution in [2.24, 2.45) is 0 Å². The van der Waals surface area contributed by atoms with Gasteiger partial charge in [-0.05, 0) is 45.6 Å². The predicted molar refractivity (Wildman–Crippen MR) is 78.9 cm³/mol. The van der Waals surface area contributed by atoms with Gasteiger partial charge in [0.05, 0.1) is 17.4 Å². The second-order valence-electron chi connectivity index (χ2n) is 5.59. The van der Waals surface area contributed by atoms with Crippen LogP contribution in [0.25, 0.3) is 0 Å². The van der Waals surface area contributed by atoms with Gasteiger partial charge >= 0.3 is 0 Å². The van der Waals surface area contributed by atoms with Crippen molar-refractivity contribution >= 4 is 11.8 Å². The molecule has 1 atom stereocenters. The molecule has 0 aliphatic carbocycles. The molecule has 0 aliphatic heterocycles. The van der Waals surface area contributed by atoms with Crippen LogP contribution in [0.1, 0.15) is 46.7 Å². The second kappa shape index (κ2) is 7.14. The van der Waals surface area contributed by atoms with E-state index in [1.807, 2.05) is 22.6 Å². The zero-order valence-electron chi connectivity index (χ0n) is 12.2. The molecule has 0 aromatic carbocycles. The summed E-state index contributed by atoms with van der Waals surface area (Å²) in [6, 6.07) is 0.531. The van der Waals surface area contributed by atoms with E-state index in [9.17, 15) is 0 Å². The summed E-state index contributed by atoms with van der Waals surface area (Å²) in [6.07, 6.45) is 3.23. The van der Waals surface area contributed by atoms with Crippen LogP contribution in [0.15, 0.2) is 6.20 Å². The molecular formula is C13H26N4S. The van der Waals surface area contributed by atoms with Crippen LogP contribution < -0.4 is 5.32 Å². The highest BCUT2D eigenvalue weighted by Gasteiger charge is 2.15. The van der Waals surface area contributed by atoms with E-state index in [-0.39, 0.29) is 5.54 Å². The molecular weight excluding hydrogens is 244 g/mol. The van der Waals surface area contributed by atoms with Gasteiger partial charge in [0.25, 0.3) is 0 Å². The van der Waals surface area contributed by atoms with Gasteiger partial charge in [-0.2, -0.15) is 11.8 Å². The Bertz CT molecular complexity index is 343. The van der Waals surface area contributed by atoms with Gasteiger partial charge in [0.1, 0.15) is 0 Å². The Morgan fingerprint density at radius 1 is 1.44 bits per heavy atom. The van der Waals surface area contributed by atoms with Gasteiger partial charge in [-0.1, -0.05) is 12.1 Å². The topological polar surface area (TPSA) is 42.7 Å². The van der Waals surface area contributed by atoms with Crippen LogP contribution in [0.2, 0.25) is 0 Å². The summed E-state index contributed by atoms with van der Waals surface area (Å²) in [5.74, 6) is 2.42. The van der Waals surface area contributed by atoms with Crippen molar-refractivity contribution in [1.29, 1.82) is 0 Å². The SMILES string of the molecule is CCSCCC(C)NCc1cn(C(C)(C)C)nn1. The van der Waals surface area contributed by atoms with Crippen molar-refractivity contribution < 1.29 is 0 Å². The average molecular weight is 270 g/mol. The molecule has 18 heavy (non-hydrogen) atoms. The van der Waals surface area contributed by atoms with Gasteiger partial charge in [-0.25, -0.2) is 4.68 Å². The lowest BCUT2D eigenvalue weighted by Gasteiger charge is -2.17. The maximum Gasteiger partial charge on any atom is 0.0965 e. The van der Waals surface area contributed by atoms with Crippen molar-refractivity contribution in [3.63, 3.8) is 0 Å². The minimum absolute atomic E-state index is 0.00856. The molecule has 1 unspecified atom stereocenters. The average Bonchev–Trinajstić information content (AvgIpc) is 2.75. The highest BCUT2D eigenvalue weighted by molar-refractivity contribution is 7.99. The molecule has 0 spiro atoms. The van der Waals surface area contributed by atoms with Crippen molar-refractivity contribution in [3.05, 3.63) is 11.9 Å². The molecule has 0 aliphatic rings. The fraction of sp³-hybridized carbons (Fsp3) is 0.846. The predicted octanol–water partition coefficient (Wildman–Crippen LogP) is 2.65. The summed E-state index contributed by atoms with van der Waals surface area (Å²) in [5, 5.41) is 11.9.